The highest BCUT2D eigenvalue weighted by Crippen LogP contribution is 2.31. The molecular formula is C12H24O4Si4. The molecule has 1 fully saturated rings. The molecule has 1 saturated heterocycles. The predicted octanol–water partition coefficient (Wildman–Crippen LogP) is 1.69. The fourth-order valence-electron chi connectivity index (χ4n) is 2.18. The fourth-order valence-corrected chi connectivity index (χ4v) is 15.9. The van der Waals surface area contributed by atoms with Crippen molar-refractivity contribution < 1.29 is 16.5 Å². The van der Waals surface area contributed by atoms with Crippen molar-refractivity contribution in [2.24, 2.45) is 0 Å². The summed E-state index contributed by atoms with van der Waals surface area (Å²) in [5.74, 6) is 0. The standard InChI is InChI=1S/C12H24O4Si4/c1-5-9-19(10-6-2)14-17-13-18-15-20(16-19,11-7-3)12-8-4/h5-8H,1-4,9-12,17-18H2. The Hall–Kier alpha value is -0.332. The fraction of sp³-hybridized carbons (Fsp3) is 0.333. The number of hydrogen-bond donors (Lipinski definition) is 0. The Kier molecular flexibility index (Phi) is 7.84. The molecule has 0 amide bonds. The summed E-state index contributed by atoms with van der Waals surface area (Å²) in [6.07, 6.45) is 7.46. The molecule has 1 heterocycles. The van der Waals surface area contributed by atoms with Crippen LogP contribution >= 0.6 is 0 Å². The van der Waals surface area contributed by atoms with E-state index >= 15 is 0 Å². The van der Waals surface area contributed by atoms with Gasteiger partial charge in [-0.3, -0.25) is 0 Å². The zero-order valence-corrected chi connectivity index (χ0v) is 16.8. The number of hydrogen-bond acceptors (Lipinski definition) is 4. The van der Waals surface area contributed by atoms with Gasteiger partial charge in [-0.1, -0.05) is 24.3 Å². The van der Waals surface area contributed by atoms with Crippen LogP contribution in [-0.4, -0.2) is 37.1 Å². The lowest BCUT2D eigenvalue weighted by Crippen LogP contribution is -2.57. The van der Waals surface area contributed by atoms with Gasteiger partial charge in [0.2, 0.25) is 0 Å². The quantitative estimate of drug-likeness (QED) is 0.496. The summed E-state index contributed by atoms with van der Waals surface area (Å²) in [5.41, 5.74) is 0. The lowest BCUT2D eigenvalue weighted by atomic mass is 10.7. The van der Waals surface area contributed by atoms with Crippen LogP contribution in [-0.2, 0) is 16.5 Å². The molecule has 0 spiro atoms. The predicted molar refractivity (Wildman–Crippen MR) is 93.0 cm³/mol. The van der Waals surface area contributed by atoms with E-state index in [9.17, 15) is 0 Å². The van der Waals surface area contributed by atoms with Crippen molar-refractivity contribution in [1.82, 2.24) is 0 Å². The van der Waals surface area contributed by atoms with Gasteiger partial charge in [0, 0.05) is 24.2 Å². The lowest BCUT2D eigenvalue weighted by molar-refractivity contribution is 0.274. The first-order valence-electron chi connectivity index (χ1n) is 6.65. The molecule has 0 N–H and O–H groups in total. The van der Waals surface area contributed by atoms with E-state index in [0.717, 1.165) is 24.2 Å². The van der Waals surface area contributed by atoms with E-state index in [1.165, 1.54) is 0 Å². The summed E-state index contributed by atoms with van der Waals surface area (Å²) in [5, 5.41) is 0. The van der Waals surface area contributed by atoms with Gasteiger partial charge in [0.1, 0.15) is 0 Å². The molecular weight excluding hydrogens is 320 g/mol. The molecule has 0 aromatic carbocycles. The van der Waals surface area contributed by atoms with Crippen LogP contribution in [0.2, 0.25) is 24.2 Å². The second-order valence-electron chi connectivity index (χ2n) is 4.62. The molecule has 1 rings (SSSR count). The van der Waals surface area contributed by atoms with Gasteiger partial charge in [0.25, 0.3) is 20.0 Å². The van der Waals surface area contributed by atoms with E-state index in [4.69, 9.17) is 16.5 Å². The highest BCUT2D eigenvalue weighted by Gasteiger charge is 2.47. The van der Waals surface area contributed by atoms with Crippen LogP contribution in [0.4, 0.5) is 0 Å². The summed E-state index contributed by atoms with van der Waals surface area (Å²) in [6.45, 7) is 15.3. The van der Waals surface area contributed by atoms with Gasteiger partial charge in [-0.15, -0.1) is 26.3 Å². The molecule has 0 atom stereocenters. The smallest absolute Gasteiger partial charge is 0.327 e. The van der Waals surface area contributed by atoms with E-state index in [2.05, 4.69) is 26.3 Å². The molecule has 0 aromatic rings. The Morgan fingerprint density at radius 1 is 0.700 bits per heavy atom. The first-order chi connectivity index (χ1) is 9.66. The average Bonchev–Trinajstić information content (AvgIpc) is 2.37. The first kappa shape index (κ1) is 17.7. The summed E-state index contributed by atoms with van der Waals surface area (Å²) >= 11 is 0. The molecule has 0 aliphatic carbocycles. The lowest BCUT2D eigenvalue weighted by Gasteiger charge is -2.41. The van der Waals surface area contributed by atoms with E-state index in [1.807, 2.05) is 24.3 Å². The topological polar surface area (TPSA) is 36.9 Å². The van der Waals surface area contributed by atoms with Crippen LogP contribution < -0.4 is 0 Å². The Bertz CT molecular complexity index is 309. The van der Waals surface area contributed by atoms with E-state index in [-0.39, 0.29) is 0 Å². The van der Waals surface area contributed by atoms with Crippen molar-refractivity contribution in [1.29, 1.82) is 0 Å². The first-order valence-corrected chi connectivity index (χ1v) is 13.4. The summed E-state index contributed by atoms with van der Waals surface area (Å²) in [6, 6.07) is 2.90. The van der Waals surface area contributed by atoms with Gasteiger partial charge in [-0.2, -0.15) is 0 Å². The zero-order valence-electron chi connectivity index (χ0n) is 12.0. The molecule has 0 unspecified atom stereocenters. The number of rotatable bonds is 8. The van der Waals surface area contributed by atoms with E-state index in [0.29, 0.717) is 0 Å². The van der Waals surface area contributed by atoms with Crippen LogP contribution in [0.25, 0.3) is 0 Å². The Morgan fingerprint density at radius 3 is 1.35 bits per heavy atom. The molecule has 4 nitrogen and oxygen atoms in total. The molecule has 1 aliphatic rings. The van der Waals surface area contributed by atoms with Crippen molar-refractivity contribution in [2.45, 2.75) is 24.2 Å². The van der Waals surface area contributed by atoms with Crippen molar-refractivity contribution in [3.05, 3.63) is 50.6 Å². The largest absolute Gasteiger partial charge is 0.425 e. The van der Waals surface area contributed by atoms with Gasteiger partial charge in [-0.25, -0.2) is 0 Å². The van der Waals surface area contributed by atoms with Crippen molar-refractivity contribution in [3.8, 4) is 0 Å². The third-order valence-electron chi connectivity index (χ3n) is 3.00. The van der Waals surface area contributed by atoms with Crippen LogP contribution in [0, 0.1) is 0 Å². The monoisotopic (exact) mass is 344 g/mol. The van der Waals surface area contributed by atoms with Crippen LogP contribution in [0.3, 0.4) is 0 Å². The Balaban J connectivity index is 3.06. The Morgan fingerprint density at radius 2 is 1.05 bits per heavy atom. The zero-order chi connectivity index (χ0) is 14.9. The van der Waals surface area contributed by atoms with Gasteiger partial charge >= 0.3 is 17.1 Å². The van der Waals surface area contributed by atoms with E-state index < -0.39 is 37.1 Å². The molecule has 1 aliphatic heterocycles. The van der Waals surface area contributed by atoms with Crippen LogP contribution in [0.1, 0.15) is 0 Å². The molecule has 0 saturated carbocycles. The summed E-state index contributed by atoms with van der Waals surface area (Å²) in [4.78, 5) is 0. The molecule has 0 bridgehead atoms. The maximum absolute atomic E-state index is 6.57. The second kappa shape index (κ2) is 8.84. The van der Waals surface area contributed by atoms with Crippen molar-refractivity contribution >= 4 is 37.1 Å². The molecule has 112 valence electrons. The van der Waals surface area contributed by atoms with Gasteiger partial charge in [-0.05, 0) is 0 Å². The minimum Gasteiger partial charge on any atom is -0.425 e. The second-order valence-corrected chi connectivity index (χ2v) is 15.1. The highest BCUT2D eigenvalue weighted by molar-refractivity contribution is 6.85. The molecule has 0 radical (unpaired) electrons. The molecule has 8 heteroatoms. The maximum atomic E-state index is 6.57. The van der Waals surface area contributed by atoms with Crippen molar-refractivity contribution in [3.63, 3.8) is 0 Å². The van der Waals surface area contributed by atoms with E-state index in [1.54, 1.807) is 0 Å². The molecule has 0 aromatic heterocycles. The third-order valence-corrected chi connectivity index (χ3v) is 16.1. The molecule has 20 heavy (non-hydrogen) atoms. The third kappa shape index (κ3) is 4.89. The van der Waals surface area contributed by atoms with Gasteiger partial charge in [0.05, 0.1) is 0 Å². The summed E-state index contributed by atoms with van der Waals surface area (Å²) in [7, 11) is -6.86. The SMILES string of the molecule is C=CC[Si]1(CC=C)O[SiH2]O[SiH2]O[Si](CC=C)(CC=C)O1. The van der Waals surface area contributed by atoms with Crippen molar-refractivity contribution in [2.75, 3.05) is 0 Å². The number of allylic oxidation sites excluding steroid dienone is 4. The minimum absolute atomic E-state index is 0.726. The van der Waals surface area contributed by atoms with Gasteiger partial charge in [0.15, 0.2) is 0 Å². The summed E-state index contributed by atoms with van der Waals surface area (Å²) < 4.78 is 24.4. The van der Waals surface area contributed by atoms with Crippen LogP contribution in [0.5, 0.6) is 0 Å². The minimum atomic E-state index is -2.41. The van der Waals surface area contributed by atoms with Crippen LogP contribution in [0.15, 0.2) is 50.6 Å². The average molecular weight is 345 g/mol. The Labute approximate surface area is 128 Å². The normalized spacial score (nSPS) is 23.6. The van der Waals surface area contributed by atoms with Gasteiger partial charge < -0.3 is 16.5 Å². The highest BCUT2D eigenvalue weighted by atomic mass is 28.5. The maximum Gasteiger partial charge on any atom is 0.327 e.